The summed E-state index contributed by atoms with van der Waals surface area (Å²) in [6, 6.07) is 4.21. The van der Waals surface area contributed by atoms with E-state index in [1.807, 2.05) is 12.3 Å². The van der Waals surface area contributed by atoms with Gasteiger partial charge in [0.2, 0.25) is 0 Å². The minimum absolute atomic E-state index is 0.704. The van der Waals surface area contributed by atoms with Crippen molar-refractivity contribution in [3.63, 3.8) is 0 Å². The molecule has 1 fully saturated rings. The summed E-state index contributed by atoms with van der Waals surface area (Å²) in [7, 11) is 0. The summed E-state index contributed by atoms with van der Waals surface area (Å²) >= 11 is 0.704. The second-order valence-corrected chi connectivity index (χ2v) is 5.64. The Balaban J connectivity index is 2.10. The number of fused-ring (bicyclic) bond motifs is 2. The van der Waals surface area contributed by atoms with Crippen LogP contribution in [0.2, 0.25) is 5.32 Å². The van der Waals surface area contributed by atoms with Gasteiger partial charge in [-0.25, -0.2) is 0 Å². The molecule has 3 rings (SSSR count). The van der Waals surface area contributed by atoms with Crippen molar-refractivity contribution in [2.75, 3.05) is 6.54 Å². The fourth-order valence-corrected chi connectivity index (χ4v) is 4.00. The molecule has 0 aliphatic carbocycles. The van der Waals surface area contributed by atoms with Crippen LogP contribution in [0.5, 0.6) is 0 Å². The Kier molecular flexibility index (Phi) is 1.67. The van der Waals surface area contributed by atoms with Crippen molar-refractivity contribution in [1.29, 1.82) is 0 Å². The Morgan fingerprint density at radius 1 is 1.46 bits per heavy atom. The number of nitrogens with zero attached hydrogens (tertiary/aromatic N) is 2. The molecule has 0 spiro atoms. The van der Waals surface area contributed by atoms with Crippen LogP contribution in [0, 0.1) is 0 Å². The normalized spacial score (nSPS) is 19.4. The molecule has 2 aliphatic heterocycles. The molecule has 1 aromatic heterocycles. The van der Waals surface area contributed by atoms with Gasteiger partial charge in [0.05, 0.1) is 0 Å². The first-order chi connectivity index (χ1) is 6.43. The van der Waals surface area contributed by atoms with Gasteiger partial charge in [-0.2, -0.15) is 0 Å². The molecule has 0 bridgehead atoms. The third kappa shape index (κ3) is 1.19. The molecule has 0 radical (unpaired) electrons. The van der Waals surface area contributed by atoms with Gasteiger partial charge >= 0.3 is 83.5 Å². The van der Waals surface area contributed by atoms with Crippen molar-refractivity contribution >= 4 is 21.0 Å². The number of hydrogen-bond donors (Lipinski definition) is 0. The average molecular weight is 237 g/mol. The van der Waals surface area contributed by atoms with Crippen LogP contribution in [-0.2, 0) is 6.54 Å². The van der Waals surface area contributed by atoms with Gasteiger partial charge in [0, 0.05) is 0 Å². The molecule has 2 aliphatic rings. The molecule has 66 valence electrons. The first-order valence-electron chi connectivity index (χ1n) is 4.47. The predicted octanol–water partition coefficient (Wildman–Crippen LogP) is 1.33. The van der Waals surface area contributed by atoms with Gasteiger partial charge in [0.25, 0.3) is 0 Å². The van der Waals surface area contributed by atoms with E-state index in [0.717, 1.165) is 6.54 Å². The molecular weight excluding hydrogens is 227 g/mol. The van der Waals surface area contributed by atoms with E-state index < -0.39 is 0 Å². The third-order valence-electron chi connectivity index (χ3n) is 2.47. The van der Waals surface area contributed by atoms with Gasteiger partial charge in [-0.05, 0) is 0 Å². The molecule has 0 atom stereocenters. The van der Waals surface area contributed by atoms with Crippen molar-refractivity contribution in [2.45, 2.75) is 11.9 Å². The van der Waals surface area contributed by atoms with E-state index in [1.165, 1.54) is 23.1 Å². The molecule has 0 amide bonds. The van der Waals surface area contributed by atoms with Crippen molar-refractivity contribution in [1.82, 2.24) is 9.88 Å². The van der Waals surface area contributed by atoms with Crippen LogP contribution in [0.15, 0.2) is 22.9 Å². The van der Waals surface area contributed by atoms with Crippen molar-refractivity contribution in [3.8, 4) is 0 Å². The van der Waals surface area contributed by atoms with Crippen LogP contribution >= 0.6 is 0 Å². The van der Waals surface area contributed by atoms with E-state index >= 15 is 0 Å². The quantitative estimate of drug-likeness (QED) is 0.633. The number of aromatic nitrogens is 1. The molecule has 1 saturated heterocycles. The summed E-state index contributed by atoms with van der Waals surface area (Å²) in [6.45, 7) is 2.33. The standard InChI is InChI=1S/C10H10N2Se/c1-2-8-7-12-4-5-13-10(12)6-9(8)11-3-1/h1-3,6H,4-5,7H2. The van der Waals surface area contributed by atoms with E-state index in [1.54, 1.807) is 4.60 Å². The maximum atomic E-state index is 4.39. The fourth-order valence-electron chi connectivity index (χ4n) is 1.79. The predicted molar refractivity (Wildman–Crippen MR) is 53.2 cm³/mol. The molecule has 2 nitrogen and oxygen atoms in total. The van der Waals surface area contributed by atoms with E-state index in [4.69, 9.17) is 0 Å². The van der Waals surface area contributed by atoms with Crippen molar-refractivity contribution < 1.29 is 0 Å². The Labute approximate surface area is 83.8 Å². The van der Waals surface area contributed by atoms with Gasteiger partial charge in [0.1, 0.15) is 0 Å². The van der Waals surface area contributed by atoms with Crippen molar-refractivity contribution in [2.24, 2.45) is 0 Å². The first kappa shape index (κ1) is 7.60. The van der Waals surface area contributed by atoms with Crippen LogP contribution in [0.25, 0.3) is 6.08 Å². The Morgan fingerprint density at radius 3 is 3.46 bits per heavy atom. The molecule has 0 aromatic carbocycles. The van der Waals surface area contributed by atoms with Gasteiger partial charge in [-0.15, -0.1) is 0 Å². The average Bonchev–Trinajstić information content (AvgIpc) is 2.61. The molecule has 13 heavy (non-hydrogen) atoms. The monoisotopic (exact) mass is 238 g/mol. The third-order valence-corrected chi connectivity index (χ3v) is 4.69. The summed E-state index contributed by atoms with van der Waals surface area (Å²) in [4.78, 5) is 6.88. The van der Waals surface area contributed by atoms with Crippen molar-refractivity contribution in [3.05, 3.63) is 34.2 Å². The molecule has 0 unspecified atom stereocenters. The zero-order valence-corrected chi connectivity index (χ0v) is 8.95. The summed E-state index contributed by atoms with van der Waals surface area (Å²) < 4.78 is 1.54. The Hall–Kier alpha value is -0.791. The van der Waals surface area contributed by atoms with Gasteiger partial charge < -0.3 is 0 Å². The Morgan fingerprint density at radius 2 is 2.46 bits per heavy atom. The first-order valence-corrected chi connectivity index (χ1v) is 6.53. The number of pyridine rings is 1. The van der Waals surface area contributed by atoms with E-state index in [2.05, 4.69) is 22.0 Å². The number of rotatable bonds is 0. The summed E-state index contributed by atoms with van der Waals surface area (Å²) in [5.41, 5.74) is 2.57. The summed E-state index contributed by atoms with van der Waals surface area (Å²) in [6.07, 6.45) is 4.15. The minimum atomic E-state index is 0.704. The topological polar surface area (TPSA) is 16.1 Å². The maximum absolute atomic E-state index is 4.39. The molecule has 3 heteroatoms. The van der Waals surface area contributed by atoms with E-state index in [9.17, 15) is 0 Å². The SMILES string of the molecule is C1=C2[Se]CCN2Cc2cccnc21. The van der Waals surface area contributed by atoms with Crippen LogP contribution in [-0.4, -0.2) is 31.4 Å². The molecular formula is C10H10N2Se. The van der Waals surface area contributed by atoms with E-state index in [-0.39, 0.29) is 0 Å². The van der Waals surface area contributed by atoms with E-state index in [0.29, 0.717) is 15.0 Å². The second kappa shape index (κ2) is 2.86. The Bertz CT molecular complexity index is 373. The van der Waals surface area contributed by atoms with Crippen LogP contribution < -0.4 is 0 Å². The summed E-state index contributed by atoms with van der Waals surface area (Å²) in [5, 5.41) is 1.37. The van der Waals surface area contributed by atoms with Gasteiger partial charge in [-0.3, -0.25) is 0 Å². The fraction of sp³-hybridized carbons (Fsp3) is 0.300. The van der Waals surface area contributed by atoms with Gasteiger partial charge in [0.15, 0.2) is 0 Å². The molecule has 1 aromatic rings. The van der Waals surface area contributed by atoms with Crippen LogP contribution in [0.3, 0.4) is 0 Å². The zero-order chi connectivity index (χ0) is 8.67. The molecule has 0 saturated carbocycles. The van der Waals surface area contributed by atoms with Crippen LogP contribution in [0.1, 0.15) is 11.3 Å². The molecule has 0 N–H and O–H groups in total. The second-order valence-electron chi connectivity index (χ2n) is 3.30. The molecule has 3 heterocycles. The number of hydrogen-bond acceptors (Lipinski definition) is 2. The van der Waals surface area contributed by atoms with Crippen LogP contribution in [0.4, 0.5) is 0 Å². The summed E-state index contributed by atoms with van der Waals surface area (Å²) in [5.74, 6) is 0. The zero-order valence-electron chi connectivity index (χ0n) is 7.23. The van der Waals surface area contributed by atoms with Gasteiger partial charge in [-0.1, -0.05) is 0 Å².